The van der Waals surface area contributed by atoms with E-state index in [-0.39, 0.29) is 11.7 Å². The van der Waals surface area contributed by atoms with Crippen molar-refractivity contribution in [2.45, 2.75) is 6.92 Å². The van der Waals surface area contributed by atoms with Crippen LogP contribution in [-0.4, -0.2) is 23.3 Å². The minimum Gasteiger partial charge on any atom is -0.497 e. The molecule has 0 aliphatic carbocycles. The minimum absolute atomic E-state index is 0.287. The molecule has 0 spiro atoms. The van der Waals surface area contributed by atoms with E-state index in [9.17, 15) is 4.79 Å². The van der Waals surface area contributed by atoms with E-state index in [1.807, 2.05) is 31.2 Å². The lowest BCUT2D eigenvalue weighted by atomic mass is 10.1. The predicted octanol–water partition coefficient (Wildman–Crippen LogP) is 3.31. The van der Waals surface area contributed by atoms with Crippen molar-refractivity contribution in [2.24, 2.45) is 0 Å². The number of anilines is 1. The smallest absolute Gasteiger partial charge is 0.256 e. The van der Waals surface area contributed by atoms with Gasteiger partial charge in [0.1, 0.15) is 5.75 Å². The van der Waals surface area contributed by atoms with Gasteiger partial charge in [0.05, 0.1) is 7.11 Å². The molecule has 0 radical (unpaired) electrons. The summed E-state index contributed by atoms with van der Waals surface area (Å²) in [6.45, 7) is 2.00. The molecule has 1 aromatic heterocycles. The van der Waals surface area contributed by atoms with Crippen LogP contribution < -0.4 is 10.1 Å². The fraction of sp³-hybridized carbons (Fsp3) is 0.118. The standard InChI is InChI=1S/C17H15N3O3/c1-11-3-5-12(6-4-11)15-16(20-23-19-15)18-17(21)13-7-9-14(22-2)10-8-13/h3-10H,1-2H3,(H,18,20,21). The summed E-state index contributed by atoms with van der Waals surface area (Å²) in [5, 5.41) is 10.4. The molecule has 0 aliphatic heterocycles. The topological polar surface area (TPSA) is 77.2 Å². The highest BCUT2D eigenvalue weighted by Gasteiger charge is 2.16. The summed E-state index contributed by atoms with van der Waals surface area (Å²) in [4.78, 5) is 12.3. The van der Waals surface area contributed by atoms with Crippen molar-refractivity contribution in [2.75, 3.05) is 12.4 Å². The van der Waals surface area contributed by atoms with Crippen LogP contribution in [0.3, 0.4) is 0 Å². The van der Waals surface area contributed by atoms with Gasteiger partial charge in [0.2, 0.25) is 5.82 Å². The van der Waals surface area contributed by atoms with E-state index in [0.29, 0.717) is 17.0 Å². The molecular formula is C17H15N3O3. The molecule has 23 heavy (non-hydrogen) atoms. The number of rotatable bonds is 4. The number of carbonyl (C=O) groups is 1. The van der Waals surface area contributed by atoms with Crippen LogP contribution in [0.5, 0.6) is 5.75 Å². The number of hydrogen-bond acceptors (Lipinski definition) is 5. The monoisotopic (exact) mass is 309 g/mol. The molecule has 3 aromatic rings. The molecule has 0 fully saturated rings. The Morgan fingerprint density at radius 3 is 2.39 bits per heavy atom. The lowest BCUT2D eigenvalue weighted by Crippen LogP contribution is -2.12. The van der Waals surface area contributed by atoms with Gasteiger partial charge in [-0.15, -0.1) is 0 Å². The van der Waals surface area contributed by atoms with Crippen molar-refractivity contribution in [1.82, 2.24) is 10.3 Å². The van der Waals surface area contributed by atoms with Crippen LogP contribution in [0.15, 0.2) is 53.2 Å². The van der Waals surface area contributed by atoms with E-state index in [2.05, 4.69) is 15.6 Å². The Labute approximate surface area is 133 Å². The SMILES string of the molecule is COc1ccc(C(=O)Nc2nonc2-c2ccc(C)cc2)cc1. The molecule has 2 aromatic carbocycles. The first-order valence-corrected chi connectivity index (χ1v) is 7.02. The molecule has 0 aliphatic rings. The number of aryl methyl sites for hydroxylation is 1. The van der Waals surface area contributed by atoms with E-state index in [0.717, 1.165) is 11.1 Å². The fourth-order valence-corrected chi connectivity index (χ4v) is 2.09. The third-order valence-electron chi connectivity index (χ3n) is 3.40. The molecule has 1 heterocycles. The van der Waals surface area contributed by atoms with E-state index >= 15 is 0 Å². The van der Waals surface area contributed by atoms with E-state index < -0.39 is 0 Å². The van der Waals surface area contributed by atoms with Gasteiger partial charge < -0.3 is 10.1 Å². The number of aromatic nitrogens is 2. The Hall–Kier alpha value is -3.15. The molecule has 0 unspecified atom stereocenters. The Bertz CT molecular complexity index is 808. The maximum atomic E-state index is 12.3. The number of hydrogen-bond donors (Lipinski definition) is 1. The average Bonchev–Trinajstić information content (AvgIpc) is 3.03. The highest BCUT2D eigenvalue weighted by molar-refractivity contribution is 6.05. The van der Waals surface area contributed by atoms with E-state index in [4.69, 9.17) is 9.37 Å². The molecule has 3 rings (SSSR count). The number of nitrogens with one attached hydrogen (secondary N) is 1. The summed E-state index contributed by atoms with van der Waals surface area (Å²) in [5.74, 6) is 0.677. The Morgan fingerprint density at radius 2 is 1.74 bits per heavy atom. The summed E-state index contributed by atoms with van der Waals surface area (Å²) < 4.78 is 9.84. The normalized spacial score (nSPS) is 10.3. The first kappa shape index (κ1) is 14.8. The van der Waals surface area contributed by atoms with Gasteiger partial charge in [-0.3, -0.25) is 4.79 Å². The number of amides is 1. The molecule has 1 amide bonds. The quantitative estimate of drug-likeness (QED) is 0.800. The zero-order chi connectivity index (χ0) is 16.2. The van der Waals surface area contributed by atoms with Crippen molar-refractivity contribution >= 4 is 11.7 Å². The molecule has 116 valence electrons. The summed E-state index contributed by atoms with van der Waals surface area (Å²) in [5.41, 5.74) is 2.94. The fourth-order valence-electron chi connectivity index (χ4n) is 2.09. The van der Waals surface area contributed by atoms with Gasteiger partial charge in [-0.2, -0.15) is 0 Å². The summed E-state index contributed by atoms with van der Waals surface area (Å²) >= 11 is 0. The van der Waals surface area contributed by atoms with Crippen molar-refractivity contribution in [3.63, 3.8) is 0 Å². The first-order chi connectivity index (χ1) is 11.2. The maximum Gasteiger partial charge on any atom is 0.256 e. The number of benzene rings is 2. The first-order valence-electron chi connectivity index (χ1n) is 7.02. The zero-order valence-electron chi connectivity index (χ0n) is 12.7. The van der Waals surface area contributed by atoms with Crippen LogP contribution in [0.1, 0.15) is 15.9 Å². The van der Waals surface area contributed by atoms with Crippen LogP contribution in [0, 0.1) is 6.92 Å². The Balaban J connectivity index is 1.81. The molecule has 0 bridgehead atoms. The second-order valence-corrected chi connectivity index (χ2v) is 5.01. The highest BCUT2D eigenvalue weighted by Crippen LogP contribution is 2.25. The average molecular weight is 309 g/mol. The maximum absolute atomic E-state index is 12.3. The summed E-state index contributed by atoms with van der Waals surface area (Å²) in [7, 11) is 1.57. The van der Waals surface area contributed by atoms with Crippen LogP contribution in [-0.2, 0) is 0 Å². The van der Waals surface area contributed by atoms with Gasteiger partial charge in [0, 0.05) is 11.1 Å². The van der Waals surface area contributed by atoms with Gasteiger partial charge >= 0.3 is 0 Å². The van der Waals surface area contributed by atoms with Crippen LogP contribution >= 0.6 is 0 Å². The molecule has 1 N–H and O–H groups in total. The van der Waals surface area contributed by atoms with Gasteiger partial charge in [0.15, 0.2) is 5.69 Å². The number of methoxy groups -OCH3 is 1. The van der Waals surface area contributed by atoms with Crippen LogP contribution in [0.4, 0.5) is 5.82 Å². The summed E-state index contributed by atoms with van der Waals surface area (Å²) in [6, 6.07) is 14.5. The molecule has 0 saturated heterocycles. The van der Waals surface area contributed by atoms with Crippen LogP contribution in [0.25, 0.3) is 11.3 Å². The zero-order valence-corrected chi connectivity index (χ0v) is 12.7. The predicted molar refractivity (Wildman–Crippen MR) is 85.4 cm³/mol. The number of nitrogens with zero attached hydrogens (tertiary/aromatic N) is 2. The molecular weight excluding hydrogens is 294 g/mol. The number of carbonyl (C=O) groups excluding carboxylic acids is 1. The Kier molecular flexibility index (Phi) is 4.05. The van der Waals surface area contributed by atoms with Gasteiger partial charge in [-0.1, -0.05) is 29.8 Å². The highest BCUT2D eigenvalue weighted by atomic mass is 16.6. The van der Waals surface area contributed by atoms with Gasteiger partial charge in [-0.25, -0.2) is 4.63 Å². The van der Waals surface area contributed by atoms with Gasteiger partial charge in [-0.05, 0) is 41.5 Å². The minimum atomic E-state index is -0.295. The third-order valence-corrected chi connectivity index (χ3v) is 3.40. The second-order valence-electron chi connectivity index (χ2n) is 5.01. The van der Waals surface area contributed by atoms with Gasteiger partial charge in [0.25, 0.3) is 5.91 Å². The largest absolute Gasteiger partial charge is 0.497 e. The van der Waals surface area contributed by atoms with E-state index in [1.165, 1.54) is 0 Å². The molecule has 0 atom stereocenters. The molecule has 6 nitrogen and oxygen atoms in total. The van der Waals surface area contributed by atoms with Crippen LogP contribution in [0.2, 0.25) is 0 Å². The summed E-state index contributed by atoms with van der Waals surface area (Å²) in [6.07, 6.45) is 0. The van der Waals surface area contributed by atoms with Crippen molar-refractivity contribution in [3.8, 4) is 17.0 Å². The lowest BCUT2D eigenvalue weighted by Gasteiger charge is -2.05. The third kappa shape index (κ3) is 3.21. The lowest BCUT2D eigenvalue weighted by molar-refractivity contribution is 0.102. The van der Waals surface area contributed by atoms with Crippen molar-refractivity contribution in [3.05, 3.63) is 59.7 Å². The number of ether oxygens (including phenoxy) is 1. The van der Waals surface area contributed by atoms with Crippen molar-refractivity contribution < 1.29 is 14.2 Å². The molecule has 6 heteroatoms. The van der Waals surface area contributed by atoms with Crippen molar-refractivity contribution in [1.29, 1.82) is 0 Å². The second kappa shape index (κ2) is 6.31. The Morgan fingerprint density at radius 1 is 1.04 bits per heavy atom. The van der Waals surface area contributed by atoms with E-state index in [1.54, 1.807) is 31.4 Å². The molecule has 0 saturated carbocycles.